The molecule has 0 radical (unpaired) electrons. The van der Waals surface area contributed by atoms with E-state index in [0.29, 0.717) is 0 Å². The zero-order chi connectivity index (χ0) is 10.9. The summed E-state index contributed by atoms with van der Waals surface area (Å²) in [5.41, 5.74) is 0.254. The Kier molecular flexibility index (Phi) is 9.70. The maximum atomic E-state index is 3.82. The average molecular weight is 185 g/mol. The van der Waals surface area contributed by atoms with Gasteiger partial charge in [0.25, 0.3) is 0 Å². The van der Waals surface area contributed by atoms with Crippen LogP contribution in [0.1, 0.15) is 41.0 Å². The predicted molar refractivity (Wildman–Crippen MR) is 63.1 cm³/mol. The summed E-state index contributed by atoms with van der Waals surface area (Å²) in [6.45, 7) is 16.7. The Bertz CT molecular complexity index is 116. The molecule has 80 valence electrons. The van der Waals surface area contributed by atoms with Crippen molar-refractivity contribution in [2.75, 3.05) is 20.1 Å². The van der Waals surface area contributed by atoms with Crippen LogP contribution in [0.2, 0.25) is 0 Å². The van der Waals surface area contributed by atoms with Gasteiger partial charge in [0.1, 0.15) is 0 Å². The number of nitrogens with zero attached hydrogens (tertiary/aromatic N) is 1. The van der Waals surface area contributed by atoms with Crippen molar-refractivity contribution < 1.29 is 0 Å². The van der Waals surface area contributed by atoms with Crippen LogP contribution in [0, 0.1) is 5.41 Å². The molecule has 0 N–H and O–H groups in total. The van der Waals surface area contributed by atoms with Crippen molar-refractivity contribution in [2.45, 2.75) is 41.0 Å². The van der Waals surface area contributed by atoms with E-state index >= 15 is 0 Å². The molecule has 0 rings (SSSR count). The Morgan fingerprint density at radius 1 is 1.31 bits per heavy atom. The minimum atomic E-state index is 0.254. The van der Waals surface area contributed by atoms with Crippen molar-refractivity contribution in [1.29, 1.82) is 0 Å². The smallest absolute Gasteiger partial charge is 0.00642 e. The van der Waals surface area contributed by atoms with E-state index in [1.807, 2.05) is 19.9 Å². The second-order valence-corrected chi connectivity index (χ2v) is 3.93. The molecule has 0 aromatic rings. The summed E-state index contributed by atoms with van der Waals surface area (Å²) in [7, 11) is 2.16. The van der Waals surface area contributed by atoms with E-state index in [0.717, 1.165) is 6.54 Å². The van der Waals surface area contributed by atoms with Gasteiger partial charge in [0, 0.05) is 6.54 Å². The van der Waals surface area contributed by atoms with Gasteiger partial charge in [-0.25, -0.2) is 0 Å². The van der Waals surface area contributed by atoms with Gasteiger partial charge in [0.05, 0.1) is 0 Å². The third kappa shape index (κ3) is 9.62. The lowest BCUT2D eigenvalue weighted by molar-refractivity contribution is 0.251. The van der Waals surface area contributed by atoms with Gasteiger partial charge in [-0.1, -0.05) is 40.7 Å². The fourth-order valence-electron chi connectivity index (χ4n) is 1.22. The van der Waals surface area contributed by atoms with Crippen LogP contribution >= 0.6 is 0 Å². The lowest BCUT2D eigenvalue weighted by Crippen LogP contribution is -2.30. The van der Waals surface area contributed by atoms with Crippen LogP contribution in [0.4, 0.5) is 0 Å². The van der Waals surface area contributed by atoms with Crippen molar-refractivity contribution in [3.8, 4) is 0 Å². The largest absolute Gasteiger partial charge is 0.306 e. The maximum absolute atomic E-state index is 3.82. The van der Waals surface area contributed by atoms with E-state index in [-0.39, 0.29) is 5.41 Å². The van der Waals surface area contributed by atoms with Crippen LogP contribution in [0.3, 0.4) is 0 Å². The van der Waals surface area contributed by atoms with Crippen molar-refractivity contribution in [1.82, 2.24) is 4.90 Å². The van der Waals surface area contributed by atoms with Gasteiger partial charge in [-0.15, -0.1) is 6.58 Å². The molecule has 0 saturated carbocycles. The second-order valence-electron chi connectivity index (χ2n) is 3.93. The minimum Gasteiger partial charge on any atom is -0.306 e. The Balaban J connectivity index is 0. The van der Waals surface area contributed by atoms with Crippen molar-refractivity contribution in [3.05, 3.63) is 12.7 Å². The Labute approximate surface area is 84.8 Å². The van der Waals surface area contributed by atoms with Crippen molar-refractivity contribution >= 4 is 0 Å². The summed E-state index contributed by atoms with van der Waals surface area (Å²) in [5, 5.41) is 0. The molecule has 0 bridgehead atoms. The fraction of sp³-hybridized carbons (Fsp3) is 0.833. The highest BCUT2D eigenvalue weighted by Crippen LogP contribution is 2.16. The monoisotopic (exact) mass is 185 g/mol. The van der Waals surface area contributed by atoms with Gasteiger partial charge in [-0.3, -0.25) is 0 Å². The van der Waals surface area contributed by atoms with Gasteiger partial charge in [-0.05, 0) is 25.4 Å². The summed E-state index contributed by atoms with van der Waals surface area (Å²) >= 11 is 0. The van der Waals surface area contributed by atoms with Gasteiger partial charge in [0.15, 0.2) is 0 Å². The first-order chi connectivity index (χ1) is 6.02. The first-order valence-electron chi connectivity index (χ1n) is 5.34. The molecule has 0 saturated heterocycles. The summed E-state index contributed by atoms with van der Waals surface area (Å²) < 4.78 is 0. The van der Waals surface area contributed by atoms with E-state index in [1.54, 1.807) is 0 Å². The van der Waals surface area contributed by atoms with Crippen LogP contribution in [-0.4, -0.2) is 25.0 Å². The molecule has 0 aliphatic rings. The fourth-order valence-corrected chi connectivity index (χ4v) is 1.22. The van der Waals surface area contributed by atoms with E-state index in [9.17, 15) is 0 Å². The molecule has 0 aromatic heterocycles. The molecule has 0 spiro atoms. The third-order valence-electron chi connectivity index (χ3n) is 1.84. The molecular formula is C12H27N. The molecule has 0 aliphatic carbocycles. The standard InChI is InChI=1S/C10H21N.C2H6/c1-6-8-11(5)9-10(3,4)7-2;1-2/h7H,2,6,8-9H2,1,3-5H3;1-2H3. The Hall–Kier alpha value is -0.300. The highest BCUT2D eigenvalue weighted by molar-refractivity contribution is 4.89. The third-order valence-corrected chi connectivity index (χ3v) is 1.84. The van der Waals surface area contributed by atoms with E-state index in [2.05, 4.69) is 39.3 Å². The summed E-state index contributed by atoms with van der Waals surface area (Å²) in [4.78, 5) is 2.35. The van der Waals surface area contributed by atoms with Gasteiger partial charge in [0.2, 0.25) is 0 Å². The molecule has 0 unspecified atom stereocenters. The molecule has 0 aliphatic heterocycles. The topological polar surface area (TPSA) is 3.24 Å². The lowest BCUT2D eigenvalue weighted by Gasteiger charge is -2.26. The highest BCUT2D eigenvalue weighted by Gasteiger charge is 2.14. The first kappa shape index (κ1) is 15.2. The summed E-state index contributed by atoms with van der Waals surface area (Å²) in [5.74, 6) is 0. The second kappa shape index (κ2) is 8.31. The van der Waals surface area contributed by atoms with E-state index in [1.165, 1.54) is 13.0 Å². The minimum absolute atomic E-state index is 0.254. The molecule has 13 heavy (non-hydrogen) atoms. The number of rotatable bonds is 5. The molecular weight excluding hydrogens is 158 g/mol. The average Bonchev–Trinajstić information content (AvgIpc) is 2.08. The predicted octanol–water partition coefficient (Wildman–Crippen LogP) is 3.57. The van der Waals surface area contributed by atoms with Crippen LogP contribution in [0.5, 0.6) is 0 Å². The van der Waals surface area contributed by atoms with Gasteiger partial charge < -0.3 is 4.90 Å². The van der Waals surface area contributed by atoms with Gasteiger partial charge >= 0.3 is 0 Å². The lowest BCUT2D eigenvalue weighted by atomic mass is 9.93. The van der Waals surface area contributed by atoms with Crippen LogP contribution in [0.25, 0.3) is 0 Å². The van der Waals surface area contributed by atoms with Crippen molar-refractivity contribution in [2.24, 2.45) is 5.41 Å². The molecule has 1 heteroatoms. The van der Waals surface area contributed by atoms with Crippen LogP contribution in [-0.2, 0) is 0 Å². The molecule has 1 nitrogen and oxygen atoms in total. The molecule has 0 heterocycles. The normalized spacial score (nSPS) is 10.7. The van der Waals surface area contributed by atoms with E-state index < -0.39 is 0 Å². The molecule has 0 amide bonds. The van der Waals surface area contributed by atoms with Crippen LogP contribution < -0.4 is 0 Å². The maximum Gasteiger partial charge on any atom is 0.00642 e. The van der Waals surface area contributed by atoms with Crippen LogP contribution in [0.15, 0.2) is 12.7 Å². The van der Waals surface area contributed by atoms with Gasteiger partial charge in [-0.2, -0.15) is 0 Å². The zero-order valence-corrected chi connectivity index (χ0v) is 10.4. The quantitative estimate of drug-likeness (QED) is 0.592. The Morgan fingerprint density at radius 2 is 1.77 bits per heavy atom. The first-order valence-corrected chi connectivity index (χ1v) is 5.34. The molecule has 0 fully saturated rings. The number of hydrogen-bond donors (Lipinski definition) is 0. The SMILES string of the molecule is C=CC(C)(C)CN(C)CCC.CC. The number of hydrogen-bond acceptors (Lipinski definition) is 1. The zero-order valence-electron chi connectivity index (χ0n) is 10.4. The molecule has 0 aromatic carbocycles. The van der Waals surface area contributed by atoms with E-state index in [4.69, 9.17) is 0 Å². The summed E-state index contributed by atoms with van der Waals surface area (Å²) in [6, 6.07) is 0. The van der Waals surface area contributed by atoms with Crippen molar-refractivity contribution in [3.63, 3.8) is 0 Å². The molecule has 0 atom stereocenters. The highest BCUT2D eigenvalue weighted by atomic mass is 15.1. The Morgan fingerprint density at radius 3 is 2.08 bits per heavy atom. The summed E-state index contributed by atoms with van der Waals surface area (Å²) in [6.07, 6.45) is 3.25.